The van der Waals surface area contributed by atoms with Crippen LogP contribution in [0.1, 0.15) is 34.7 Å². The predicted molar refractivity (Wildman–Crippen MR) is 127 cm³/mol. The number of carbonyl (C=O) groups is 1. The van der Waals surface area contributed by atoms with Gasteiger partial charge in [0.2, 0.25) is 0 Å². The first-order chi connectivity index (χ1) is 16.7. The van der Waals surface area contributed by atoms with Crippen LogP contribution >= 0.6 is 0 Å². The maximum Gasteiger partial charge on any atom is 0.393 e. The molecule has 2 aliphatic heterocycles. The number of aromatic nitrogens is 1. The molecule has 4 nitrogen and oxygen atoms in total. The number of amides is 1. The minimum Gasteiger partial charge on any atom is -0.350 e. The summed E-state index contributed by atoms with van der Waals surface area (Å²) >= 11 is 0. The SMILES string of the molecule is Cn1ccc2cccc(C(=O)N3CC(CN4CCC(c5ccc(F)cc5)CC4)C(C(F)(F)F)C3)c21. The normalized spacial score (nSPS) is 22.3. The van der Waals surface area contributed by atoms with Crippen LogP contribution in [0.4, 0.5) is 17.6 Å². The molecule has 2 saturated heterocycles. The molecule has 0 radical (unpaired) electrons. The van der Waals surface area contributed by atoms with Gasteiger partial charge in [-0.2, -0.15) is 13.2 Å². The van der Waals surface area contributed by atoms with Crippen LogP contribution in [0.3, 0.4) is 0 Å². The van der Waals surface area contributed by atoms with Gasteiger partial charge in [0.25, 0.3) is 5.91 Å². The highest BCUT2D eigenvalue weighted by atomic mass is 19.4. The number of carbonyl (C=O) groups excluding carboxylic acids is 1. The molecule has 1 aromatic heterocycles. The quantitative estimate of drug-likeness (QED) is 0.458. The van der Waals surface area contributed by atoms with E-state index in [0.29, 0.717) is 25.2 Å². The molecule has 3 heterocycles. The van der Waals surface area contributed by atoms with Crippen molar-refractivity contribution in [3.63, 3.8) is 0 Å². The summed E-state index contributed by atoms with van der Waals surface area (Å²) in [5.41, 5.74) is 2.26. The van der Waals surface area contributed by atoms with Crippen molar-refractivity contribution >= 4 is 16.8 Å². The molecule has 3 aromatic rings. The van der Waals surface area contributed by atoms with Gasteiger partial charge in [-0.1, -0.05) is 24.3 Å². The van der Waals surface area contributed by atoms with Gasteiger partial charge in [-0.25, -0.2) is 4.39 Å². The van der Waals surface area contributed by atoms with Gasteiger partial charge in [0.15, 0.2) is 0 Å². The van der Waals surface area contributed by atoms with Crippen LogP contribution in [0.2, 0.25) is 0 Å². The summed E-state index contributed by atoms with van der Waals surface area (Å²) in [6.45, 7) is 1.50. The molecule has 1 amide bonds. The fourth-order valence-corrected chi connectivity index (χ4v) is 5.81. The van der Waals surface area contributed by atoms with Crippen molar-refractivity contribution < 1.29 is 22.4 Å². The maximum atomic E-state index is 14.0. The number of aryl methyl sites for hydroxylation is 1. The van der Waals surface area contributed by atoms with Crippen molar-refractivity contribution in [1.82, 2.24) is 14.4 Å². The molecule has 2 fully saturated rings. The Balaban J connectivity index is 1.28. The Kier molecular flexibility index (Phi) is 6.34. The summed E-state index contributed by atoms with van der Waals surface area (Å²) in [5, 5.41) is 0.894. The molecule has 186 valence electrons. The summed E-state index contributed by atoms with van der Waals surface area (Å²) in [4.78, 5) is 16.8. The Morgan fingerprint density at radius 1 is 1.00 bits per heavy atom. The molecule has 0 bridgehead atoms. The lowest BCUT2D eigenvalue weighted by molar-refractivity contribution is -0.181. The van der Waals surface area contributed by atoms with Crippen LogP contribution in [0.25, 0.3) is 10.9 Å². The van der Waals surface area contributed by atoms with E-state index < -0.39 is 18.0 Å². The van der Waals surface area contributed by atoms with Crippen LogP contribution in [0.5, 0.6) is 0 Å². The first-order valence-corrected chi connectivity index (χ1v) is 12.1. The molecule has 8 heteroatoms. The highest BCUT2D eigenvalue weighted by Gasteiger charge is 2.51. The number of alkyl halides is 3. The Morgan fingerprint density at radius 2 is 1.71 bits per heavy atom. The summed E-state index contributed by atoms with van der Waals surface area (Å²) in [7, 11) is 1.83. The minimum absolute atomic E-state index is 0.0989. The number of nitrogens with zero attached hydrogens (tertiary/aromatic N) is 3. The van der Waals surface area contributed by atoms with Crippen molar-refractivity contribution in [3.8, 4) is 0 Å². The van der Waals surface area contributed by atoms with E-state index in [1.54, 1.807) is 24.3 Å². The number of benzene rings is 2. The third-order valence-corrected chi connectivity index (χ3v) is 7.70. The molecule has 5 rings (SSSR count). The number of hydrogen-bond donors (Lipinski definition) is 0. The van der Waals surface area contributed by atoms with Gasteiger partial charge in [0.05, 0.1) is 17.0 Å². The first kappa shape index (κ1) is 23.9. The first-order valence-electron chi connectivity index (χ1n) is 12.1. The second-order valence-corrected chi connectivity index (χ2v) is 9.91. The molecule has 2 unspecified atom stereocenters. The number of para-hydroxylation sites is 1. The second kappa shape index (κ2) is 9.30. The fourth-order valence-electron chi connectivity index (χ4n) is 5.81. The van der Waals surface area contributed by atoms with E-state index in [0.717, 1.165) is 29.3 Å². The fraction of sp³-hybridized carbons (Fsp3) is 0.444. The zero-order chi connectivity index (χ0) is 24.7. The highest BCUT2D eigenvalue weighted by Crippen LogP contribution is 2.39. The van der Waals surface area contributed by atoms with E-state index in [2.05, 4.69) is 4.90 Å². The molecule has 0 N–H and O–H groups in total. The smallest absolute Gasteiger partial charge is 0.350 e. The van der Waals surface area contributed by atoms with E-state index in [-0.39, 0.29) is 30.7 Å². The van der Waals surface area contributed by atoms with Crippen molar-refractivity contribution in [2.45, 2.75) is 24.9 Å². The van der Waals surface area contributed by atoms with Crippen LogP contribution in [0.15, 0.2) is 54.7 Å². The minimum atomic E-state index is -4.36. The number of hydrogen-bond acceptors (Lipinski definition) is 2. The van der Waals surface area contributed by atoms with E-state index in [9.17, 15) is 22.4 Å². The number of fused-ring (bicyclic) bond motifs is 1. The van der Waals surface area contributed by atoms with E-state index in [1.807, 2.05) is 29.9 Å². The van der Waals surface area contributed by atoms with Crippen LogP contribution < -0.4 is 0 Å². The number of halogens is 4. The molecular weight excluding hydrogens is 458 g/mol. The molecule has 35 heavy (non-hydrogen) atoms. The molecule has 2 aromatic carbocycles. The third-order valence-electron chi connectivity index (χ3n) is 7.70. The Morgan fingerprint density at radius 3 is 2.40 bits per heavy atom. The molecule has 0 spiro atoms. The van der Waals surface area contributed by atoms with Gasteiger partial charge in [-0.15, -0.1) is 0 Å². The second-order valence-electron chi connectivity index (χ2n) is 9.91. The Bertz CT molecular complexity index is 1200. The van der Waals surface area contributed by atoms with Crippen LogP contribution in [0, 0.1) is 17.7 Å². The van der Waals surface area contributed by atoms with Crippen molar-refractivity contribution in [2.24, 2.45) is 18.9 Å². The summed E-state index contributed by atoms with van der Waals surface area (Å²) in [5.74, 6) is -2.52. The molecule has 2 atom stereocenters. The topological polar surface area (TPSA) is 28.5 Å². The average Bonchev–Trinajstić information content (AvgIpc) is 3.44. The number of piperidine rings is 1. The monoisotopic (exact) mass is 487 g/mol. The third kappa shape index (κ3) is 4.81. The summed E-state index contributed by atoms with van der Waals surface area (Å²) in [6, 6.07) is 13.8. The van der Waals surface area contributed by atoms with Crippen molar-refractivity contribution in [3.05, 3.63) is 71.7 Å². The van der Waals surface area contributed by atoms with Gasteiger partial charge in [-0.05, 0) is 61.7 Å². The van der Waals surface area contributed by atoms with Gasteiger partial charge in [-0.3, -0.25) is 4.79 Å². The number of likely N-dealkylation sites (tertiary alicyclic amines) is 2. The van der Waals surface area contributed by atoms with Gasteiger partial charge >= 0.3 is 6.18 Å². The highest BCUT2D eigenvalue weighted by molar-refractivity contribution is 6.06. The van der Waals surface area contributed by atoms with Crippen LogP contribution in [-0.4, -0.2) is 59.2 Å². The largest absolute Gasteiger partial charge is 0.393 e. The van der Waals surface area contributed by atoms with E-state index >= 15 is 0 Å². The van der Waals surface area contributed by atoms with Gasteiger partial charge < -0.3 is 14.4 Å². The lowest BCUT2D eigenvalue weighted by Gasteiger charge is -2.35. The zero-order valence-corrected chi connectivity index (χ0v) is 19.6. The lowest BCUT2D eigenvalue weighted by Crippen LogP contribution is -2.41. The summed E-state index contributed by atoms with van der Waals surface area (Å²) in [6.07, 6.45) is -0.855. The van der Waals surface area contributed by atoms with Gasteiger partial charge in [0, 0.05) is 44.2 Å². The van der Waals surface area contributed by atoms with Crippen molar-refractivity contribution in [2.75, 3.05) is 32.7 Å². The number of rotatable bonds is 4. The standard InChI is InChI=1S/C27H29F4N3O/c1-32-12-9-20-3-2-4-23(25(20)32)26(35)34-16-21(24(17-34)27(29,30)31)15-33-13-10-19(11-14-33)18-5-7-22(28)8-6-18/h2-9,12,19,21,24H,10-11,13-17H2,1H3. The average molecular weight is 488 g/mol. The Labute approximate surface area is 202 Å². The summed E-state index contributed by atoms with van der Waals surface area (Å²) < 4.78 is 57.0. The van der Waals surface area contributed by atoms with Crippen molar-refractivity contribution in [1.29, 1.82) is 0 Å². The lowest BCUT2D eigenvalue weighted by atomic mass is 9.88. The van der Waals surface area contributed by atoms with E-state index in [4.69, 9.17) is 0 Å². The Hall–Kier alpha value is -2.87. The molecule has 0 aliphatic carbocycles. The van der Waals surface area contributed by atoms with Crippen LogP contribution in [-0.2, 0) is 7.05 Å². The van der Waals surface area contributed by atoms with Gasteiger partial charge in [0.1, 0.15) is 5.82 Å². The molecule has 0 saturated carbocycles. The maximum absolute atomic E-state index is 14.0. The zero-order valence-electron chi connectivity index (χ0n) is 19.6. The molecular formula is C27H29F4N3O. The van der Waals surface area contributed by atoms with E-state index in [1.165, 1.54) is 17.0 Å². The molecule has 2 aliphatic rings. The predicted octanol–water partition coefficient (Wildman–Crippen LogP) is 5.45.